The molecule has 1 aromatic heterocycles. The van der Waals surface area contributed by atoms with E-state index in [4.69, 9.17) is 0 Å². The molecule has 0 spiro atoms. The topological polar surface area (TPSA) is 44.6 Å². The molecule has 3 heterocycles. The maximum Gasteiger partial charge on any atom is 0.224 e. The zero-order chi connectivity index (χ0) is 20.4. The number of hydrogen-bond acceptors (Lipinski definition) is 4. The first-order valence-electron chi connectivity index (χ1n) is 10.6. The van der Waals surface area contributed by atoms with Crippen LogP contribution in [0.1, 0.15) is 17.5 Å². The van der Waals surface area contributed by atoms with Crippen molar-refractivity contribution in [3.8, 4) is 0 Å². The normalized spacial score (nSPS) is 24.4. The fraction of sp³-hybridized carbons (Fsp3) is 0.565. The zero-order valence-electron chi connectivity index (χ0n) is 17.9. The number of fused-ring (bicyclic) bond motifs is 1. The van der Waals surface area contributed by atoms with Crippen LogP contribution in [0.5, 0.6) is 0 Å². The first kappa shape index (κ1) is 20.1. The van der Waals surface area contributed by atoms with Gasteiger partial charge in [-0.3, -0.25) is 14.4 Å². The van der Waals surface area contributed by atoms with E-state index in [9.17, 15) is 4.79 Å². The van der Waals surface area contributed by atoms with Crippen LogP contribution in [0.2, 0.25) is 0 Å². The number of hydrogen-bond donors (Lipinski definition) is 0. The Kier molecular flexibility index (Phi) is 5.74. The Bertz CT molecular complexity index is 833. The van der Waals surface area contributed by atoms with Crippen molar-refractivity contribution >= 4 is 5.91 Å². The minimum Gasteiger partial charge on any atom is -0.342 e. The second-order valence-electron chi connectivity index (χ2n) is 9.26. The molecule has 0 saturated carbocycles. The molecule has 1 amide bonds. The van der Waals surface area contributed by atoms with Gasteiger partial charge in [0, 0.05) is 63.8 Å². The Morgan fingerprint density at radius 3 is 2.69 bits per heavy atom. The third kappa shape index (κ3) is 4.54. The van der Waals surface area contributed by atoms with E-state index in [1.54, 1.807) is 0 Å². The summed E-state index contributed by atoms with van der Waals surface area (Å²) in [5.41, 5.74) is 2.68. The van der Waals surface area contributed by atoms with Crippen LogP contribution in [0, 0.1) is 18.3 Å². The number of likely N-dealkylation sites (tertiary alicyclic amines) is 2. The van der Waals surface area contributed by atoms with E-state index in [1.807, 2.05) is 24.0 Å². The highest BCUT2D eigenvalue weighted by atomic mass is 16.2. The molecule has 2 aliphatic heterocycles. The van der Waals surface area contributed by atoms with Crippen LogP contribution in [0.4, 0.5) is 0 Å². The van der Waals surface area contributed by atoms with E-state index in [0.717, 1.165) is 44.8 Å². The summed E-state index contributed by atoms with van der Waals surface area (Å²) in [6.07, 6.45) is 4.37. The van der Waals surface area contributed by atoms with Crippen LogP contribution in [-0.2, 0) is 17.9 Å². The Hall–Kier alpha value is -2.18. The molecule has 2 fully saturated rings. The fourth-order valence-electron chi connectivity index (χ4n) is 5.25. The van der Waals surface area contributed by atoms with E-state index < -0.39 is 0 Å². The third-order valence-electron chi connectivity index (χ3n) is 6.38. The Morgan fingerprint density at radius 1 is 1.21 bits per heavy atom. The quantitative estimate of drug-likeness (QED) is 0.720. The van der Waals surface area contributed by atoms with Crippen molar-refractivity contribution in [2.45, 2.75) is 26.4 Å². The van der Waals surface area contributed by atoms with E-state index >= 15 is 0 Å². The Morgan fingerprint density at radius 2 is 2.00 bits per heavy atom. The van der Waals surface area contributed by atoms with Crippen LogP contribution in [0.25, 0.3) is 0 Å². The predicted molar refractivity (Wildman–Crippen MR) is 114 cm³/mol. The van der Waals surface area contributed by atoms with Gasteiger partial charge in [-0.1, -0.05) is 30.3 Å². The summed E-state index contributed by atoms with van der Waals surface area (Å²) in [6, 6.07) is 10.7. The largest absolute Gasteiger partial charge is 0.342 e. The van der Waals surface area contributed by atoms with Crippen molar-refractivity contribution in [2.24, 2.45) is 11.3 Å². The summed E-state index contributed by atoms with van der Waals surface area (Å²) in [5.74, 6) is 0.810. The van der Waals surface area contributed by atoms with Crippen molar-refractivity contribution < 1.29 is 4.79 Å². The van der Waals surface area contributed by atoms with E-state index in [1.165, 1.54) is 5.56 Å². The maximum absolute atomic E-state index is 12.9. The fourth-order valence-corrected chi connectivity index (χ4v) is 5.25. The summed E-state index contributed by atoms with van der Waals surface area (Å²) in [5, 5.41) is 4.31. The van der Waals surface area contributed by atoms with Crippen molar-refractivity contribution in [3.05, 3.63) is 53.9 Å². The standard InChI is InChI=1S/C23H33N5O/c1-19-11-24-28(12-19)10-9-22(29)27-15-21-14-26(13-20-7-5-4-6-8-20)17-23(21,18-27)16-25(2)3/h4-8,11-12,21H,9-10,13-18H2,1-3H3/t21-,23+/m1/s1. The van der Waals surface area contributed by atoms with Crippen LogP contribution in [-0.4, -0.2) is 77.2 Å². The van der Waals surface area contributed by atoms with Crippen LogP contribution < -0.4 is 0 Å². The molecule has 1 aromatic carbocycles. The van der Waals surface area contributed by atoms with E-state index in [-0.39, 0.29) is 11.3 Å². The van der Waals surface area contributed by atoms with E-state index in [2.05, 4.69) is 64.2 Å². The molecule has 0 N–H and O–H groups in total. The summed E-state index contributed by atoms with van der Waals surface area (Å²) < 4.78 is 1.88. The molecule has 156 valence electrons. The second-order valence-corrected chi connectivity index (χ2v) is 9.26. The molecule has 2 aliphatic rings. The van der Waals surface area contributed by atoms with Gasteiger partial charge in [0.25, 0.3) is 0 Å². The van der Waals surface area contributed by atoms with Gasteiger partial charge in [0.15, 0.2) is 0 Å². The van der Waals surface area contributed by atoms with Crippen molar-refractivity contribution in [2.75, 3.05) is 46.8 Å². The molecule has 2 saturated heterocycles. The number of amides is 1. The maximum atomic E-state index is 12.9. The number of aromatic nitrogens is 2. The molecular formula is C23H33N5O. The lowest BCUT2D eigenvalue weighted by atomic mass is 9.80. The first-order chi connectivity index (χ1) is 13.9. The summed E-state index contributed by atoms with van der Waals surface area (Å²) in [4.78, 5) is 19.9. The molecule has 6 nitrogen and oxygen atoms in total. The smallest absolute Gasteiger partial charge is 0.224 e. The molecule has 0 unspecified atom stereocenters. The lowest BCUT2D eigenvalue weighted by molar-refractivity contribution is -0.131. The average Bonchev–Trinajstić information content (AvgIpc) is 3.32. The minimum atomic E-state index is 0.177. The van der Waals surface area contributed by atoms with Gasteiger partial charge in [-0.05, 0) is 38.1 Å². The highest BCUT2D eigenvalue weighted by Crippen LogP contribution is 2.43. The lowest BCUT2D eigenvalue weighted by Crippen LogP contribution is -2.42. The zero-order valence-corrected chi connectivity index (χ0v) is 17.9. The number of rotatable bonds is 7. The van der Waals surface area contributed by atoms with Gasteiger partial charge in [-0.25, -0.2) is 0 Å². The molecule has 0 radical (unpaired) electrons. The van der Waals surface area contributed by atoms with Crippen molar-refractivity contribution in [1.82, 2.24) is 24.5 Å². The highest BCUT2D eigenvalue weighted by Gasteiger charge is 2.53. The molecule has 2 atom stereocenters. The minimum absolute atomic E-state index is 0.177. The molecule has 2 aromatic rings. The lowest BCUT2D eigenvalue weighted by Gasteiger charge is -2.32. The van der Waals surface area contributed by atoms with Gasteiger partial charge >= 0.3 is 0 Å². The first-order valence-corrected chi connectivity index (χ1v) is 10.6. The number of carbonyl (C=O) groups is 1. The predicted octanol–water partition coefficient (Wildman–Crippen LogP) is 2.10. The van der Waals surface area contributed by atoms with Gasteiger partial charge in [0.05, 0.1) is 6.20 Å². The van der Waals surface area contributed by atoms with Crippen molar-refractivity contribution in [1.29, 1.82) is 0 Å². The van der Waals surface area contributed by atoms with Gasteiger partial charge < -0.3 is 9.80 Å². The third-order valence-corrected chi connectivity index (χ3v) is 6.38. The Labute approximate surface area is 174 Å². The van der Waals surface area contributed by atoms with Gasteiger partial charge in [-0.2, -0.15) is 5.10 Å². The highest BCUT2D eigenvalue weighted by molar-refractivity contribution is 5.76. The summed E-state index contributed by atoms with van der Waals surface area (Å²) >= 11 is 0. The van der Waals surface area contributed by atoms with Gasteiger partial charge in [0.1, 0.15) is 0 Å². The molecular weight excluding hydrogens is 362 g/mol. The number of benzene rings is 1. The number of nitrogens with zero attached hydrogens (tertiary/aromatic N) is 5. The molecule has 6 heteroatoms. The number of aryl methyl sites for hydroxylation is 2. The molecule has 0 bridgehead atoms. The summed E-state index contributed by atoms with van der Waals surface area (Å²) in [6.45, 7) is 8.62. The Balaban J connectivity index is 1.39. The van der Waals surface area contributed by atoms with Crippen LogP contribution in [0.15, 0.2) is 42.7 Å². The summed E-state index contributed by atoms with van der Waals surface area (Å²) in [7, 11) is 4.30. The monoisotopic (exact) mass is 395 g/mol. The molecule has 0 aliphatic carbocycles. The molecule has 4 rings (SSSR count). The number of carbonyl (C=O) groups excluding carboxylic acids is 1. The van der Waals surface area contributed by atoms with Gasteiger partial charge in [-0.15, -0.1) is 0 Å². The van der Waals surface area contributed by atoms with E-state index in [0.29, 0.717) is 18.9 Å². The van der Waals surface area contributed by atoms with Crippen molar-refractivity contribution in [3.63, 3.8) is 0 Å². The van der Waals surface area contributed by atoms with Crippen LogP contribution >= 0.6 is 0 Å². The average molecular weight is 396 g/mol. The van der Waals surface area contributed by atoms with Crippen LogP contribution in [0.3, 0.4) is 0 Å². The second kappa shape index (κ2) is 8.28. The molecule has 29 heavy (non-hydrogen) atoms. The SMILES string of the molecule is Cc1cnn(CCC(=O)N2C[C@H]3CN(Cc4ccccc4)C[C@@]3(CN(C)C)C2)c1. The van der Waals surface area contributed by atoms with Gasteiger partial charge in [0.2, 0.25) is 5.91 Å².